The lowest BCUT2D eigenvalue weighted by Gasteiger charge is -2.03. The van der Waals surface area contributed by atoms with E-state index in [2.05, 4.69) is 16.9 Å². The lowest BCUT2D eigenvalue weighted by molar-refractivity contribution is 0.282. The van der Waals surface area contributed by atoms with E-state index in [-0.39, 0.29) is 6.61 Å². The Morgan fingerprint density at radius 1 is 1.17 bits per heavy atom. The molecule has 0 aliphatic rings. The summed E-state index contributed by atoms with van der Waals surface area (Å²) in [5, 5.41) is 9.95. The molecule has 2 aromatic rings. The molecule has 0 aliphatic heterocycles. The van der Waals surface area contributed by atoms with Gasteiger partial charge in [-0.05, 0) is 30.2 Å². The van der Waals surface area contributed by atoms with Gasteiger partial charge in [0, 0.05) is 10.6 Å². The molecule has 94 valence electrons. The maximum Gasteiger partial charge on any atom is 0.116 e. The van der Waals surface area contributed by atoms with Crippen molar-refractivity contribution < 1.29 is 5.11 Å². The standard InChI is InChI=1S/C14H16N2OS/c1-2-3-12-8-14(16-10-15-12)18-13-6-4-11(9-17)5-7-13/h4-8,10,17H,2-3,9H2,1H3. The quantitative estimate of drug-likeness (QED) is 0.839. The monoisotopic (exact) mass is 260 g/mol. The molecule has 18 heavy (non-hydrogen) atoms. The van der Waals surface area contributed by atoms with Gasteiger partial charge >= 0.3 is 0 Å². The van der Waals surface area contributed by atoms with Gasteiger partial charge < -0.3 is 5.11 Å². The third-order valence-electron chi connectivity index (χ3n) is 2.53. The third-order valence-corrected chi connectivity index (χ3v) is 3.47. The van der Waals surface area contributed by atoms with Gasteiger partial charge in [-0.15, -0.1) is 0 Å². The van der Waals surface area contributed by atoms with Crippen LogP contribution in [0.25, 0.3) is 0 Å². The topological polar surface area (TPSA) is 46.0 Å². The molecule has 3 nitrogen and oxygen atoms in total. The molecule has 0 amide bonds. The molecule has 4 heteroatoms. The fourth-order valence-electron chi connectivity index (χ4n) is 1.61. The average molecular weight is 260 g/mol. The first-order valence-corrected chi connectivity index (χ1v) is 6.82. The van der Waals surface area contributed by atoms with Crippen LogP contribution in [0.15, 0.2) is 46.6 Å². The van der Waals surface area contributed by atoms with E-state index >= 15 is 0 Å². The fourth-order valence-corrected chi connectivity index (χ4v) is 2.42. The van der Waals surface area contributed by atoms with Crippen LogP contribution < -0.4 is 0 Å². The van der Waals surface area contributed by atoms with Crippen LogP contribution >= 0.6 is 11.8 Å². The zero-order valence-corrected chi connectivity index (χ0v) is 11.2. The van der Waals surface area contributed by atoms with Crippen LogP contribution in [0.5, 0.6) is 0 Å². The van der Waals surface area contributed by atoms with Gasteiger partial charge in [0.05, 0.1) is 6.61 Å². The van der Waals surface area contributed by atoms with E-state index in [1.165, 1.54) is 0 Å². The van der Waals surface area contributed by atoms with E-state index in [0.717, 1.165) is 34.0 Å². The number of hydrogen-bond donors (Lipinski definition) is 1. The SMILES string of the molecule is CCCc1cc(Sc2ccc(CO)cc2)ncn1. The lowest BCUT2D eigenvalue weighted by Crippen LogP contribution is -1.91. The average Bonchev–Trinajstić information content (AvgIpc) is 2.40. The Morgan fingerprint density at radius 3 is 2.61 bits per heavy atom. The van der Waals surface area contributed by atoms with Gasteiger partial charge in [-0.3, -0.25) is 0 Å². The molecule has 0 radical (unpaired) electrons. The van der Waals surface area contributed by atoms with Crippen LogP contribution in [0, 0.1) is 0 Å². The Morgan fingerprint density at radius 2 is 1.94 bits per heavy atom. The fraction of sp³-hybridized carbons (Fsp3) is 0.286. The molecule has 1 aromatic heterocycles. The zero-order valence-electron chi connectivity index (χ0n) is 10.3. The maximum atomic E-state index is 8.99. The number of hydrogen-bond acceptors (Lipinski definition) is 4. The third kappa shape index (κ3) is 3.55. The van der Waals surface area contributed by atoms with Crippen molar-refractivity contribution in [2.75, 3.05) is 0 Å². The summed E-state index contributed by atoms with van der Waals surface area (Å²) in [6.07, 6.45) is 3.70. The van der Waals surface area contributed by atoms with Gasteiger partial charge in [-0.25, -0.2) is 9.97 Å². The molecule has 0 bridgehead atoms. The Labute approximate surface area is 111 Å². The largest absolute Gasteiger partial charge is 0.392 e. The van der Waals surface area contributed by atoms with E-state index in [4.69, 9.17) is 5.11 Å². The van der Waals surface area contributed by atoms with E-state index in [9.17, 15) is 0 Å². The summed E-state index contributed by atoms with van der Waals surface area (Å²) in [5.74, 6) is 0. The normalized spacial score (nSPS) is 10.6. The van der Waals surface area contributed by atoms with Crippen LogP contribution in [0.2, 0.25) is 0 Å². The summed E-state index contributed by atoms with van der Waals surface area (Å²) in [6, 6.07) is 9.89. The molecule has 0 saturated carbocycles. The maximum absolute atomic E-state index is 8.99. The minimum absolute atomic E-state index is 0.0824. The molecule has 0 spiro atoms. The minimum atomic E-state index is 0.0824. The van der Waals surface area contributed by atoms with Gasteiger partial charge in [0.2, 0.25) is 0 Å². The molecule has 0 aliphatic carbocycles. The van der Waals surface area contributed by atoms with Crippen LogP contribution in [0.1, 0.15) is 24.6 Å². The molecule has 0 atom stereocenters. The zero-order chi connectivity index (χ0) is 12.8. The number of aryl methyl sites for hydroxylation is 1. The van der Waals surface area contributed by atoms with E-state index in [1.54, 1.807) is 18.1 Å². The Kier molecular flexibility index (Phi) is 4.73. The lowest BCUT2D eigenvalue weighted by atomic mass is 10.2. The number of aliphatic hydroxyl groups excluding tert-OH is 1. The second kappa shape index (κ2) is 6.52. The van der Waals surface area contributed by atoms with Crippen molar-refractivity contribution in [3.63, 3.8) is 0 Å². The summed E-state index contributed by atoms with van der Waals surface area (Å²) in [4.78, 5) is 9.62. The molecule has 0 unspecified atom stereocenters. The van der Waals surface area contributed by atoms with Gasteiger partial charge in [0.1, 0.15) is 11.4 Å². The smallest absolute Gasteiger partial charge is 0.116 e. The van der Waals surface area contributed by atoms with Crippen molar-refractivity contribution in [1.82, 2.24) is 9.97 Å². The van der Waals surface area contributed by atoms with Crippen LogP contribution in [0.3, 0.4) is 0 Å². The van der Waals surface area contributed by atoms with Crippen molar-refractivity contribution in [2.24, 2.45) is 0 Å². The molecule has 1 aromatic carbocycles. The highest BCUT2D eigenvalue weighted by molar-refractivity contribution is 7.99. The van der Waals surface area contributed by atoms with Crippen molar-refractivity contribution in [3.05, 3.63) is 47.9 Å². The highest BCUT2D eigenvalue weighted by atomic mass is 32.2. The molecular weight excluding hydrogens is 244 g/mol. The van der Waals surface area contributed by atoms with E-state index in [0.29, 0.717) is 0 Å². The number of aliphatic hydroxyl groups is 1. The second-order valence-corrected chi connectivity index (χ2v) is 5.10. The van der Waals surface area contributed by atoms with Gasteiger partial charge in [0.15, 0.2) is 0 Å². The summed E-state index contributed by atoms with van der Waals surface area (Å²) in [7, 11) is 0. The van der Waals surface area contributed by atoms with Gasteiger partial charge in [-0.2, -0.15) is 0 Å². The first kappa shape index (κ1) is 13.1. The molecule has 1 heterocycles. The summed E-state index contributed by atoms with van der Waals surface area (Å²) in [6.45, 7) is 2.22. The van der Waals surface area contributed by atoms with Gasteiger partial charge in [0.25, 0.3) is 0 Å². The molecule has 0 saturated heterocycles. The molecule has 1 N–H and O–H groups in total. The number of nitrogens with zero attached hydrogens (tertiary/aromatic N) is 2. The van der Waals surface area contributed by atoms with E-state index < -0.39 is 0 Å². The molecule has 2 rings (SSSR count). The van der Waals surface area contributed by atoms with Crippen LogP contribution in [0.4, 0.5) is 0 Å². The Balaban J connectivity index is 2.09. The van der Waals surface area contributed by atoms with Crippen molar-refractivity contribution in [2.45, 2.75) is 36.3 Å². The number of aromatic nitrogens is 2. The first-order valence-electron chi connectivity index (χ1n) is 6.00. The first-order chi connectivity index (χ1) is 8.81. The predicted molar refractivity (Wildman–Crippen MR) is 72.5 cm³/mol. The van der Waals surface area contributed by atoms with Crippen LogP contribution in [-0.2, 0) is 13.0 Å². The van der Waals surface area contributed by atoms with Crippen molar-refractivity contribution in [3.8, 4) is 0 Å². The highest BCUT2D eigenvalue weighted by Crippen LogP contribution is 2.26. The van der Waals surface area contributed by atoms with Crippen LogP contribution in [-0.4, -0.2) is 15.1 Å². The number of rotatable bonds is 5. The van der Waals surface area contributed by atoms with E-state index in [1.807, 2.05) is 30.3 Å². The minimum Gasteiger partial charge on any atom is -0.392 e. The molecule has 0 fully saturated rings. The summed E-state index contributed by atoms with van der Waals surface area (Å²) in [5.41, 5.74) is 2.01. The highest BCUT2D eigenvalue weighted by Gasteiger charge is 2.01. The second-order valence-electron chi connectivity index (χ2n) is 4.00. The predicted octanol–water partition coefficient (Wildman–Crippen LogP) is 3.07. The van der Waals surface area contributed by atoms with Gasteiger partial charge in [-0.1, -0.05) is 37.2 Å². The summed E-state index contributed by atoms with van der Waals surface area (Å²) >= 11 is 1.61. The van der Waals surface area contributed by atoms with Crippen molar-refractivity contribution >= 4 is 11.8 Å². The molecular formula is C14H16N2OS. The van der Waals surface area contributed by atoms with Crippen molar-refractivity contribution in [1.29, 1.82) is 0 Å². The number of benzene rings is 1. The Hall–Kier alpha value is -1.39. The Bertz CT molecular complexity index is 499. The summed E-state index contributed by atoms with van der Waals surface area (Å²) < 4.78 is 0.